The first-order valence-electron chi connectivity index (χ1n) is 8.10. The number of benzene rings is 1. The summed E-state index contributed by atoms with van der Waals surface area (Å²) < 4.78 is 39.4. The van der Waals surface area contributed by atoms with E-state index in [4.69, 9.17) is 0 Å². The van der Waals surface area contributed by atoms with Crippen LogP contribution in [0.5, 0.6) is 0 Å². The SMILES string of the molecule is Cc1cc(C)c(NC(=O)C2CC2c2ccccc2C(F)(F)F)c(C)n1. The van der Waals surface area contributed by atoms with Crippen molar-refractivity contribution in [3.05, 3.63) is 58.4 Å². The highest BCUT2D eigenvalue weighted by Gasteiger charge is 2.47. The number of halogens is 3. The fourth-order valence-corrected chi connectivity index (χ4v) is 3.34. The van der Waals surface area contributed by atoms with Gasteiger partial charge < -0.3 is 5.32 Å². The van der Waals surface area contributed by atoms with Crippen molar-refractivity contribution in [2.24, 2.45) is 5.92 Å². The van der Waals surface area contributed by atoms with Crippen LogP contribution in [0.25, 0.3) is 0 Å². The lowest BCUT2D eigenvalue weighted by Crippen LogP contribution is -2.17. The smallest absolute Gasteiger partial charge is 0.324 e. The monoisotopic (exact) mass is 348 g/mol. The zero-order chi connectivity index (χ0) is 18.4. The van der Waals surface area contributed by atoms with Crippen LogP contribution in [0.1, 0.15) is 40.4 Å². The minimum atomic E-state index is -4.41. The summed E-state index contributed by atoms with van der Waals surface area (Å²) in [6.45, 7) is 5.55. The predicted molar refractivity (Wildman–Crippen MR) is 89.4 cm³/mol. The maximum Gasteiger partial charge on any atom is 0.416 e. The second-order valence-corrected chi connectivity index (χ2v) is 6.56. The molecule has 1 aliphatic carbocycles. The van der Waals surface area contributed by atoms with E-state index in [-0.39, 0.29) is 11.5 Å². The first kappa shape index (κ1) is 17.5. The van der Waals surface area contributed by atoms with Crippen LogP contribution in [0.2, 0.25) is 0 Å². The molecule has 0 aliphatic heterocycles. The van der Waals surface area contributed by atoms with Gasteiger partial charge in [-0.05, 0) is 56.4 Å². The standard InChI is InChI=1S/C19H19F3N2O/c1-10-8-11(2)23-12(3)17(10)24-18(25)15-9-14(15)13-6-4-5-7-16(13)19(20,21)22/h4-8,14-15H,9H2,1-3H3,(H,24,25). The molecule has 3 nitrogen and oxygen atoms in total. The minimum absolute atomic E-state index is 0.200. The summed E-state index contributed by atoms with van der Waals surface area (Å²) in [5.41, 5.74) is 2.65. The third kappa shape index (κ3) is 3.52. The van der Waals surface area contributed by atoms with Crippen molar-refractivity contribution < 1.29 is 18.0 Å². The maximum atomic E-state index is 13.1. The molecule has 132 valence electrons. The number of nitrogens with zero attached hydrogens (tertiary/aromatic N) is 1. The molecule has 0 radical (unpaired) electrons. The zero-order valence-corrected chi connectivity index (χ0v) is 14.2. The molecule has 1 amide bonds. The normalized spacial score (nSPS) is 19.6. The third-order valence-corrected chi connectivity index (χ3v) is 4.57. The highest BCUT2D eigenvalue weighted by molar-refractivity contribution is 5.96. The second kappa shape index (κ2) is 6.17. The number of carbonyl (C=O) groups excluding carboxylic acids is 1. The average Bonchev–Trinajstić information content (AvgIpc) is 3.30. The molecule has 0 saturated heterocycles. The van der Waals surface area contributed by atoms with Crippen molar-refractivity contribution >= 4 is 11.6 Å². The van der Waals surface area contributed by atoms with Gasteiger partial charge in [-0.1, -0.05) is 18.2 Å². The topological polar surface area (TPSA) is 42.0 Å². The van der Waals surface area contributed by atoms with Gasteiger partial charge in [-0.2, -0.15) is 13.2 Å². The summed E-state index contributed by atoms with van der Waals surface area (Å²) in [5, 5.41) is 2.84. The molecule has 6 heteroatoms. The molecule has 2 unspecified atom stereocenters. The van der Waals surface area contributed by atoms with Crippen LogP contribution in [0.4, 0.5) is 18.9 Å². The molecule has 1 heterocycles. The molecule has 2 atom stereocenters. The maximum absolute atomic E-state index is 13.1. The average molecular weight is 348 g/mol. The Bertz CT molecular complexity index is 807. The summed E-state index contributed by atoms with van der Waals surface area (Å²) >= 11 is 0. The van der Waals surface area contributed by atoms with Gasteiger partial charge in [0.2, 0.25) is 5.91 Å². The van der Waals surface area contributed by atoms with Crippen LogP contribution >= 0.6 is 0 Å². The Kier molecular flexibility index (Phi) is 4.31. The number of aryl methyl sites for hydroxylation is 3. The van der Waals surface area contributed by atoms with Crippen LogP contribution in [-0.2, 0) is 11.0 Å². The largest absolute Gasteiger partial charge is 0.416 e. The van der Waals surface area contributed by atoms with Gasteiger partial charge in [0.15, 0.2) is 0 Å². The van der Waals surface area contributed by atoms with E-state index in [1.54, 1.807) is 13.0 Å². The molecule has 1 aromatic heterocycles. The molecule has 1 aromatic carbocycles. The summed E-state index contributed by atoms with van der Waals surface area (Å²) in [6.07, 6.45) is -3.98. The molecule has 25 heavy (non-hydrogen) atoms. The van der Waals surface area contributed by atoms with Crippen LogP contribution in [0, 0.1) is 26.7 Å². The van der Waals surface area contributed by atoms with Crippen molar-refractivity contribution in [2.75, 3.05) is 5.32 Å². The number of pyridine rings is 1. The number of nitrogens with one attached hydrogen (secondary N) is 1. The highest BCUT2D eigenvalue weighted by atomic mass is 19.4. The molecule has 1 N–H and O–H groups in total. The van der Waals surface area contributed by atoms with Gasteiger partial charge in [-0.15, -0.1) is 0 Å². The Morgan fingerprint density at radius 1 is 1.20 bits per heavy atom. The van der Waals surface area contributed by atoms with E-state index in [0.29, 0.717) is 17.8 Å². The van der Waals surface area contributed by atoms with Crippen molar-refractivity contribution in [1.82, 2.24) is 4.98 Å². The fraction of sp³-hybridized carbons (Fsp3) is 0.368. The van der Waals surface area contributed by atoms with E-state index >= 15 is 0 Å². The number of anilines is 1. The van der Waals surface area contributed by atoms with Gasteiger partial charge in [-0.25, -0.2) is 0 Å². The van der Waals surface area contributed by atoms with Gasteiger partial charge in [0.25, 0.3) is 0 Å². The predicted octanol–water partition coefficient (Wildman–Crippen LogP) is 4.77. The van der Waals surface area contributed by atoms with E-state index in [1.807, 2.05) is 19.9 Å². The summed E-state index contributed by atoms with van der Waals surface area (Å²) in [4.78, 5) is 16.8. The van der Waals surface area contributed by atoms with Gasteiger partial charge >= 0.3 is 6.18 Å². The number of hydrogen-bond donors (Lipinski definition) is 1. The molecule has 1 aliphatic rings. The third-order valence-electron chi connectivity index (χ3n) is 4.57. The Hall–Kier alpha value is -2.37. The first-order valence-corrected chi connectivity index (χ1v) is 8.10. The lowest BCUT2D eigenvalue weighted by Gasteiger charge is -2.14. The lowest BCUT2D eigenvalue weighted by molar-refractivity contribution is -0.138. The Labute approximate surface area is 144 Å². The number of hydrogen-bond acceptors (Lipinski definition) is 2. The molecule has 1 fully saturated rings. The summed E-state index contributed by atoms with van der Waals surface area (Å²) in [6, 6.07) is 7.35. The van der Waals surface area contributed by atoms with E-state index in [1.165, 1.54) is 12.1 Å². The van der Waals surface area contributed by atoms with Crippen molar-refractivity contribution in [2.45, 2.75) is 39.3 Å². The second-order valence-electron chi connectivity index (χ2n) is 6.56. The Morgan fingerprint density at radius 3 is 2.52 bits per heavy atom. The van der Waals surface area contributed by atoms with Gasteiger partial charge in [0, 0.05) is 11.6 Å². The number of alkyl halides is 3. The van der Waals surface area contributed by atoms with E-state index in [2.05, 4.69) is 10.3 Å². The summed E-state index contributed by atoms with van der Waals surface area (Å²) in [5.74, 6) is -1.08. The lowest BCUT2D eigenvalue weighted by atomic mass is 10.0. The molecular weight excluding hydrogens is 329 g/mol. The van der Waals surface area contributed by atoms with Crippen molar-refractivity contribution in [3.8, 4) is 0 Å². The van der Waals surface area contributed by atoms with Gasteiger partial charge in [-0.3, -0.25) is 9.78 Å². The van der Waals surface area contributed by atoms with Crippen LogP contribution in [-0.4, -0.2) is 10.9 Å². The first-order chi connectivity index (χ1) is 11.7. The van der Waals surface area contributed by atoms with E-state index in [9.17, 15) is 18.0 Å². The molecule has 3 rings (SSSR count). The van der Waals surface area contributed by atoms with Gasteiger partial charge in [0.1, 0.15) is 0 Å². The fourth-order valence-electron chi connectivity index (χ4n) is 3.34. The van der Waals surface area contributed by atoms with Crippen molar-refractivity contribution in [1.29, 1.82) is 0 Å². The number of aromatic nitrogens is 1. The summed E-state index contributed by atoms with van der Waals surface area (Å²) in [7, 11) is 0. The van der Waals surface area contributed by atoms with Crippen LogP contribution in [0.15, 0.2) is 30.3 Å². The Morgan fingerprint density at radius 2 is 1.88 bits per heavy atom. The van der Waals surface area contributed by atoms with E-state index < -0.39 is 23.6 Å². The molecule has 1 saturated carbocycles. The minimum Gasteiger partial charge on any atom is -0.324 e. The molecule has 2 aromatic rings. The quantitative estimate of drug-likeness (QED) is 0.868. The van der Waals surface area contributed by atoms with Crippen molar-refractivity contribution in [3.63, 3.8) is 0 Å². The van der Waals surface area contributed by atoms with Gasteiger partial charge in [0.05, 0.1) is 16.9 Å². The Balaban J connectivity index is 1.78. The van der Waals surface area contributed by atoms with Crippen LogP contribution < -0.4 is 5.32 Å². The number of amides is 1. The highest BCUT2D eigenvalue weighted by Crippen LogP contribution is 2.51. The number of rotatable bonds is 3. The molecule has 0 spiro atoms. The molecular formula is C19H19F3N2O. The van der Waals surface area contributed by atoms with Crippen LogP contribution in [0.3, 0.4) is 0 Å². The zero-order valence-electron chi connectivity index (χ0n) is 14.2. The van der Waals surface area contributed by atoms with E-state index in [0.717, 1.165) is 17.3 Å². The number of carbonyl (C=O) groups is 1. The molecule has 0 bridgehead atoms.